The van der Waals surface area contributed by atoms with Gasteiger partial charge < -0.3 is 34.8 Å². The van der Waals surface area contributed by atoms with Crippen molar-refractivity contribution in [3.05, 3.63) is 79.9 Å². The average molecular weight is 703 g/mol. The van der Waals surface area contributed by atoms with Gasteiger partial charge in [-0.15, -0.1) is 0 Å². The quantitative estimate of drug-likeness (QED) is 0.188. The van der Waals surface area contributed by atoms with Gasteiger partial charge in [0.15, 0.2) is 6.29 Å². The van der Waals surface area contributed by atoms with Crippen molar-refractivity contribution < 1.29 is 38.3 Å². The summed E-state index contributed by atoms with van der Waals surface area (Å²) in [6, 6.07) is 8.25. The minimum atomic E-state index is -4.44. The highest BCUT2D eigenvalue weighted by Gasteiger charge is 2.46. The summed E-state index contributed by atoms with van der Waals surface area (Å²) in [5.74, 6) is 1.62. The second-order valence-electron chi connectivity index (χ2n) is 14.7. The fraction of sp³-hybridized carbons (Fsp3) is 0.500. The Morgan fingerprint density at radius 1 is 0.880 bits per heavy atom. The molecule has 1 fully saturated rings. The van der Waals surface area contributed by atoms with Crippen LogP contribution in [0.25, 0.3) is 5.57 Å². The van der Waals surface area contributed by atoms with Crippen LogP contribution in [0.15, 0.2) is 35.2 Å². The van der Waals surface area contributed by atoms with E-state index < -0.39 is 47.3 Å². The standard InChI is InChI=1S/C38H44N3O8S/c1-20-10-11-23(29(16-20)50(46,47)39-31-35(44)34(43)28(19-42)48-38(31)45)30-26-17-21-6-2-12-40-14-4-8-24(32(21)40)36(26)49-37-25-9-5-15-41-13-3-7-22(33(25)41)18-27(30)37/h10-11,16-18,28,31,34-35,38-39,42-45H,2-9,12-15,19H2,1H3/q+1/t28?,31?,34-,35+,38?/m0/s1. The molecule has 264 valence electrons. The van der Waals surface area contributed by atoms with Gasteiger partial charge in [0, 0.05) is 64.7 Å². The summed E-state index contributed by atoms with van der Waals surface area (Å²) in [5, 5.41) is 43.9. The van der Waals surface area contributed by atoms with Crippen LogP contribution >= 0.6 is 0 Å². The van der Waals surface area contributed by atoms with Gasteiger partial charge in [-0.05, 0) is 74.8 Å². The van der Waals surface area contributed by atoms with Gasteiger partial charge in [0.05, 0.1) is 17.1 Å². The molecule has 11 nitrogen and oxygen atoms in total. The maximum atomic E-state index is 14.5. The van der Waals surface area contributed by atoms with Gasteiger partial charge in [-0.1, -0.05) is 12.1 Å². The molecular weight excluding hydrogens is 658 g/mol. The van der Waals surface area contributed by atoms with E-state index in [2.05, 4.69) is 26.3 Å². The molecule has 12 heteroatoms. The maximum absolute atomic E-state index is 14.5. The van der Waals surface area contributed by atoms with Gasteiger partial charge in [-0.2, -0.15) is 0 Å². The topological polar surface area (TPSA) is 152 Å². The van der Waals surface area contributed by atoms with E-state index in [1.807, 2.05) is 19.1 Å². The molecule has 0 aliphatic carbocycles. The Morgan fingerprint density at radius 2 is 1.62 bits per heavy atom. The minimum absolute atomic E-state index is 0.00884. The number of hydrogen-bond acceptors (Lipinski definition) is 9. The smallest absolute Gasteiger partial charge is 0.241 e. The number of sulfonamides is 1. The number of nitrogens with one attached hydrogen (secondary N) is 1. The number of hydrogen-bond donors (Lipinski definition) is 5. The van der Waals surface area contributed by atoms with Crippen molar-refractivity contribution in [2.45, 2.75) is 93.8 Å². The molecule has 3 aromatic rings. The van der Waals surface area contributed by atoms with E-state index >= 15 is 0 Å². The van der Waals surface area contributed by atoms with Crippen molar-refractivity contribution in [3.8, 4) is 11.5 Å². The lowest BCUT2D eigenvalue weighted by Gasteiger charge is -2.40. The van der Waals surface area contributed by atoms with E-state index in [9.17, 15) is 28.8 Å². The lowest BCUT2D eigenvalue weighted by molar-refractivity contribution is -0.251. The van der Waals surface area contributed by atoms with Crippen molar-refractivity contribution in [1.82, 2.24) is 9.30 Å². The predicted octanol–water partition coefficient (Wildman–Crippen LogP) is 0.509. The Kier molecular flexibility index (Phi) is 7.89. The highest BCUT2D eigenvalue weighted by atomic mass is 32.2. The molecule has 6 heterocycles. The summed E-state index contributed by atoms with van der Waals surface area (Å²) >= 11 is 0. The van der Waals surface area contributed by atoms with Gasteiger partial charge >= 0.3 is 0 Å². The Labute approximate surface area is 291 Å². The van der Waals surface area contributed by atoms with Crippen LogP contribution in [0, 0.1) is 6.92 Å². The Morgan fingerprint density at radius 3 is 2.42 bits per heavy atom. The molecule has 6 aliphatic rings. The zero-order chi connectivity index (χ0) is 34.5. The molecule has 1 saturated heterocycles. The van der Waals surface area contributed by atoms with Crippen LogP contribution in [0.4, 0.5) is 5.69 Å². The summed E-state index contributed by atoms with van der Waals surface area (Å²) in [6.45, 7) is 5.24. The second-order valence-corrected chi connectivity index (χ2v) is 16.4. The summed E-state index contributed by atoms with van der Waals surface area (Å²) in [7, 11) is -4.44. The third kappa shape index (κ3) is 4.98. The van der Waals surface area contributed by atoms with E-state index in [-0.39, 0.29) is 4.90 Å². The molecule has 0 aromatic heterocycles. The molecule has 0 amide bonds. The van der Waals surface area contributed by atoms with Crippen molar-refractivity contribution >= 4 is 21.3 Å². The van der Waals surface area contributed by atoms with Crippen molar-refractivity contribution in [1.29, 1.82) is 0 Å². The lowest BCUT2D eigenvalue weighted by Crippen LogP contribution is -2.64. The number of anilines is 1. The highest BCUT2D eigenvalue weighted by molar-refractivity contribution is 7.89. The summed E-state index contributed by atoms with van der Waals surface area (Å²) in [4.78, 5) is 2.48. The largest absolute Gasteiger partial charge is 0.455 e. The number of aliphatic hydroxyl groups excluding tert-OH is 4. The van der Waals surface area contributed by atoms with E-state index in [1.54, 1.807) is 6.07 Å². The molecule has 6 aliphatic heterocycles. The molecule has 5 atom stereocenters. The van der Waals surface area contributed by atoms with Crippen LogP contribution < -0.4 is 29.5 Å². The maximum Gasteiger partial charge on any atom is 0.241 e. The van der Waals surface area contributed by atoms with Gasteiger partial charge in [0.25, 0.3) is 0 Å². The molecule has 0 radical (unpaired) electrons. The number of ether oxygens (including phenoxy) is 2. The van der Waals surface area contributed by atoms with Gasteiger partial charge in [-0.3, -0.25) is 0 Å². The summed E-state index contributed by atoms with van der Waals surface area (Å²) < 4.78 is 46.4. The van der Waals surface area contributed by atoms with Crippen LogP contribution in [0.3, 0.4) is 0 Å². The van der Waals surface area contributed by atoms with Crippen molar-refractivity contribution in [3.63, 3.8) is 0 Å². The first kappa shape index (κ1) is 32.5. The third-order valence-corrected chi connectivity index (χ3v) is 13.1. The van der Waals surface area contributed by atoms with Crippen LogP contribution in [0.5, 0.6) is 11.5 Å². The van der Waals surface area contributed by atoms with Gasteiger partial charge in [0.2, 0.25) is 15.4 Å². The summed E-state index contributed by atoms with van der Waals surface area (Å²) in [5.41, 5.74) is 9.06. The van der Waals surface area contributed by atoms with Crippen molar-refractivity contribution in [2.24, 2.45) is 0 Å². The number of aliphatic hydroxyl groups is 4. The first-order valence-electron chi connectivity index (χ1n) is 18.0. The zero-order valence-electron chi connectivity index (χ0n) is 28.2. The predicted molar refractivity (Wildman–Crippen MR) is 186 cm³/mol. The molecule has 3 aromatic carbocycles. The number of nitrogens with zero attached hydrogens (tertiary/aromatic N) is 2. The fourth-order valence-electron chi connectivity index (χ4n) is 9.33. The first-order chi connectivity index (χ1) is 24.1. The Bertz CT molecular complexity index is 2160. The molecule has 5 N–H and O–H groups in total. The van der Waals surface area contributed by atoms with Crippen LogP contribution in [-0.2, 0) is 40.4 Å². The van der Waals surface area contributed by atoms with Crippen molar-refractivity contribution in [2.75, 3.05) is 37.7 Å². The third-order valence-electron chi connectivity index (χ3n) is 11.6. The molecule has 0 saturated carbocycles. The number of aryl methyl sites for hydroxylation is 3. The van der Waals surface area contributed by atoms with Crippen LogP contribution in [-0.4, -0.2) is 92.3 Å². The first-order valence-corrected chi connectivity index (χ1v) is 19.5. The fourth-order valence-corrected chi connectivity index (χ4v) is 10.9. The normalized spacial score (nSPS) is 26.8. The minimum Gasteiger partial charge on any atom is -0.455 e. The molecule has 9 rings (SSSR count). The Balaban J connectivity index is 1.30. The SMILES string of the molecule is Cc1ccc(C2=c3cc4c5c(c3Oc3c2cc2c6c3CCCN6CCC2)CCC[N+]=5CCC4)c(S(=O)(=O)NC2C(O)OC(CO)[C@H](O)[C@@H]2O)c1. The molecule has 0 bridgehead atoms. The lowest BCUT2D eigenvalue weighted by atomic mass is 9.82. The summed E-state index contributed by atoms with van der Waals surface area (Å²) in [6.07, 6.45) is 1.39. The van der Waals surface area contributed by atoms with E-state index in [0.29, 0.717) is 5.56 Å². The van der Waals surface area contributed by atoms with Crippen LogP contribution in [0.1, 0.15) is 64.6 Å². The number of rotatable bonds is 5. The number of benzene rings is 3. The van der Waals surface area contributed by atoms with Gasteiger partial charge in [0.1, 0.15) is 48.9 Å². The highest BCUT2D eigenvalue weighted by Crippen LogP contribution is 2.49. The average Bonchev–Trinajstić information content (AvgIpc) is 3.12. The molecule has 50 heavy (non-hydrogen) atoms. The molecular formula is C38H44N3O8S+. The van der Waals surface area contributed by atoms with E-state index in [0.717, 1.165) is 111 Å². The number of fused-ring (bicyclic) bond motifs is 4. The second kappa shape index (κ2) is 12.1. The molecule has 0 spiro atoms. The Hall–Kier alpha value is -3.36. The monoisotopic (exact) mass is 702 g/mol. The van der Waals surface area contributed by atoms with E-state index in [4.69, 9.17) is 9.47 Å². The van der Waals surface area contributed by atoms with Crippen LogP contribution in [0.2, 0.25) is 0 Å². The van der Waals surface area contributed by atoms with E-state index in [1.165, 1.54) is 33.3 Å². The zero-order valence-corrected chi connectivity index (χ0v) is 29.0. The molecule has 3 unspecified atom stereocenters. The van der Waals surface area contributed by atoms with Gasteiger partial charge in [-0.25, -0.2) is 17.7 Å².